The number of aromatic nitrogens is 1. The van der Waals surface area contributed by atoms with Crippen LogP contribution in [0.2, 0.25) is 0 Å². The van der Waals surface area contributed by atoms with Crippen LogP contribution in [0.5, 0.6) is 0 Å². The summed E-state index contributed by atoms with van der Waals surface area (Å²) in [4.78, 5) is 0. The molecule has 1 N–H and O–H groups in total. The molecule has 0 spiro atoms. The molecule has 0 unspecified atom stereocenters. The molecule has 2 nitrogen and oxygen atoms in total. The number of fused-ring (bicyclic) bond motifs is 3. The van der Waals surface area contributed by atoms with Crippen molar-refractivity contribution >= 4 is 10.9 Å². The Labute approximate surface area is 131 Å². The fraction of sp³-hybridized carbons (Fsp3) is 0.222. The fourth-order valence-electron chi connectivity index (χ4n) is 3.33. The zero-order valence-electron chi connectivity index (χ0n) is 12.4. The summed E-state index contributed by atoms with van der Waals surface area (Å²) in [5.74, 6) is -3.74. The monoisotopic (exact) mass is 316 g/mol. The fourth-order valence-corrected chi connectivity index (χ4v) is 3.33. The maximum atomic E-state index is 14.3. The average Bonchev–Trinajstić information content (AvgIpc) is 2.75. The van der Waals surface area contributed by atoms with Crippen LogP contribution in [-0.2, 0) is 13.0 Å². The van der Waals surface area contributed by atoms with Crippen LogP contribution in [0.15, 0.2) is 36.4 Å². The number of hydrogen-bond donors (Lipinski definition) is 1. The number of halogens is 3. The highest BCUT2D eigenvalue weighted by atomic mass is 19.2. The Kier molecular flexibility index (Phi) is 3.38. The standard InChI is InChI=1S/C18H15F3N2/c19-15-5-4-13(16(20)17(15)21)14-3-1-2-11-10-12-6-7-22-8-9-23(12)18(11)14/h1-5,10,22H,6-9H2. The Morgan fingerprint density at radius 3 is 2.65 bits per heavy atom. The van der Waals surface area contributed by atoms with Crippen molar-refractivity contribution < 1.29 is 13.2 Å². The summed E-state index contributed by atoms with van der Waals surface area (Å²) in [6, 6.07) is 9.90. The predicted octanol–water partition coefficient (Wildman–Crippen LogP) is 3.87. The normalized spacial score (nSPS) is 14.7. The van der Waals surface area contributed by atoms with Crippen molar-refractivity contribution in [2.75, 3.05) is 13.1 Å². The average molecular weight is 316 g/mol. The van der Waals surface area contributed by atoms with E-state index in [0.29, 0.717) is 5.56 Å². The molecule has 0 bridgehead atoms. The van der Waals surface area contributed by atoms with Gasteiger partial charge in [0, 0.05) is 48.3 Å². The van der Waals surface area contributed by atoms with Gasteiger partial charge in [-0.1, -0.05) is 18.2 Å². The molecule has 0 saturated carbocycles. The van der Waals surface area contributed by atoms with Crippen LogP contribution in [-0.4, -0.2) is 17.7 Å². The van der Waals surface area contributed by atoms with E-state index < -0.39 is 17.5 Å². The van der Waals surface area contributed by atoms with Crippen molar-refractivity contribution in [2.45, 2.75) is 13.0 Å². The number of benzene rings is 2. The molecule has 4 rings (SSSR count). The highest BCUT2D eigenvalue weighted by molar-refractivity contribution is 5.95. The second kappa shape index (κ2) is 5.42. The van der Waals surface area contributed by atoms with E-state index in [4.69, 9.17) is 0 Å². The zero-order valence-corrected chi connectivity index (χ0v) is 12.4. The number of nitrogens with one attached hydrogen (secondary N) is 1. The molecule has 0 amide bonds. The van der Waals surface area contributed by atoms with E-state index in [0.717, 1.165) is 43.0 Å². The van der Waals surface area contributed by atoms with E-state index in [1.807, 2.05) is 12.1 Å². The largest absolute Gasteiger partial charge is 0.343 e. The van der Waals surface area contributed by atoms with Crippen molar-refractivity contribution in [2.24, 2.45) is 0 Å². The molecule has 1 aliphatic heterocycles. The summed E-state index contributed by atoms with van der Waals surface area (Å²) in [7, 11) is 0. The van der Waals surface area contributed by atoms with Crippen LogP contribution in [0.4, 0.5) is 13.2 Å². The van der Waals surface area contributed by atoms with Gasteiger partial charge in [-0.05, 0) is 18.2 Å². The molecule has 2 aromatic carbocycles. The molecule has 0 atom stereocenters. The highest BCUT2D eigenvalue weighted by Crippen LogP contribution is 2.34. The van der Waals surface area contributed by atoms with E-state index >= 15 is 0 Å². The molecule has 1 aliphatic rings. The van der Waals surface area contributed by atoms with Crippen LogP contribution in [0, 0.1) is 17.5 Å². The zero-order chi connectivity index (χ0) is 16.0. The van der Waals surface area contributed by atoms with Crippen molar-refractivity contribution in [3.63, 3.8) is 0 Å². The summed E-state index contributed by atoms with van der Waals surface area (Å²) >= 11 is 0. The Bertz CT molecular complexity index is 899. The number of para-hydroxylation sites is 1. The van der Waals surface area contributed by atoms with Crippen molar-refractivity contribution in [1.82, 2.24) is 9.88 Å². The van der Waals surface area contributed by atoms with Crippen LogP contribution >= 0.6 is 0 Å². The van der Waals surface area contributed by atoms with E-state index in [-0.39, 0.29) is 5.56 Å². The Morgan fingerprint density at radius 2 is 1.78 bits per heavy atom. The molecule has 118 valence electrons. The summed E-state index contributed by atoms with van der Waals surface area (Å²) < 4.78 is 43.3. The topological polar surface area (TPSA) is 17.0 Å². The second-order valence-electron chi connectivity index (χ2n) is 5.75. The molecule has 5 heteroatoms. The van der Waals surface area contributed by atoms with Gasteiger partial charge in [-0.25, -0.2) is 13.2 Å². The maximum Gasteiger partial charge on any atom is 0.195 e. The lowest BCUT2D eigenvalue weighted by Gasteiger charge is -2.12. The SMILES string of the molecule is Fc1ccc(-c2cccc3cc4n(c23)CCNCC4)c(F)c1F. The van der Waals surface area contributed by atoms with Gasteiger partial charge in [0.05, 0.1) is 5.52 Å². The first-order valence-corrected chi connectivity index (χ1v) is 7.62. The first kappa shape index (κ1) is 14.3. The van der Waals surface area contributed by atoms with Crippen LogP contribution in [0.25, 0.3) is 22.0 Å². The van der Waals surface area contributed by atoms with Crippen molar-refractivity contribution in [3.8, 4) is 11.1 Å². The van der Waals surface area contributed by atoms with Gasteiger partial charge in [-0.2, -0.15) is 0 Å². The van der Waals surface area contributed by atoms with Gasteiger partial charge in [0.15, 0.2) is 17.5 Å². The second-order valence-corrected chi connectivity index (χ2v) is 5.75. The molecule has 0 fully saturated rings. The summed E-state index contributed by atoms with van der Waals surface area (Å²) in [5, 5.41) is 4.32. The minimum Gasteiger partial charge on any atom is -0.343 e. The van der Waals surface area contributed by atoms with E-state index in [1.165, 1.54) is 11.8 Å². The summed E-state index contributed by atoms with van der Waals surface area (Å²) in [5.41, 5.74) is 2.72. The van der Waals surface area contributed by atoms with Gasteiger partial charge in [0.1, 0.15) is 0 Å². The molecular weight excluding hydrogens is 301 g/mol. The smallest absolute Gasteiger partial charge is 0.195 e. The van der Waals surface area contributed by atoms with Gasteiger partial charge < -0.3 is 9.88 Å². The number of nitrogens with zero attached hydrogens (tertiary/aromatic N) is 1. The third-order valence-electron chi connectivity index (χ3n) is 4.40. The minimum absolute atomic E-state index is 0.0904. The van der Waals surface area contributed by atoms with Crippen molar-refractivity contribution in [3.05, 3.63) is 59.5 Å². The molecule has 0 radical (unpaired) electrons. The van der Waals surface area contributed by atoms with Gasteiger partial charge >= 0.3 is 0 Å². The Morgan fingerprint density at radius 1 is 0.913 bits per heavy atom. The van der Waals surface area contributed by atoms with Crippen LogP contribution in [0.1, 0.15) is 5.69 Å². The van der Waals surface area contributed by atoms with E-state index in [1.54, 1.807) is 6.07 Å². The first-order valence-electron chi connectivity index (χ1n) is 7.62. The molecule has 0 saturated heterocycles. The number of rotatable bonds is 1. The maximum absolute atomic E-state index is 14.3. The molecule has 3 aromatic rings. The number of hydrogen-bond acceptors (Lipinski definition) is 1. The molecule has 0 aliphatic carbocycles. The van der Waals surface area contributed by atoms with Gasteiger partial charge in [0.2, 0.25) is 0 Å². The van der Waals surface area contributed by atoms with Gasteiger partial charge in [0.25, 0.3) is 0 Å². The quantitative estimate of drug-likeness (QED) is 0.674. The highest BCUT2D eigenvalue weighted by Gasteiger charge is 2.20. The Balaban J connectivity index is 2.01. The molecular formula is C18H15F3N2. The molecule has 1 aromatic heterocycles. The van der Waals surface area contributed by atoms with Gasteiger partial charge in [-0.15, -0.1) is 0 Å². The summed E-state index contributed by atoms with van der Waals surface area (Å²) in [6.07, 6.45) is 0.883. The Hall–Kier alpha value is -2.27. The van der Waals surface area contributed by atoms with Crippen molar-refractivity contribution in [1.29, 1.82) is 0 Å². The minimum atomic E-state index is -1.43. The van der Waals surface area contributed by atoms with E-state index in [9.17, 15) is 13.2 Å². The molecule has 2 heterocycles. The molecule has 23 heavy (non-hydrogen) atoms. The van der Waals surface area contributed by atoms with Gasteiger partial charge in [-0.3, -0.25) is 0 Å². The third kappa shape index (κ3) is 2.23. The third-order valence-corrected chi connectivity index (χ3v) is 4.40. The lowest BCUT2D eigenvalue weighted by Crippen LogP contribution is -2.17. The first-order chi connectivity index (χ1) is 11.2. The lowest BCUT2D eigenvalue weighted by atomic mass is 10.0. The predicted molar refractivity (Wildman–Crippen MR) is 83.8 cm³/mol. The van der Waals surface area contributed by atoms with Crippen LogP contribution < -0.4 is 5.32 Å². The van der Waals surface area contributed by atoms with Crippen LogP contribution in [0.3, 0.4) is 0 Å². The lowest BCUT2D eigenvalue weighted by molar-refractivity contribution is 0.449. The van der Waals surface area contributed by atoms with E-state index in [2.05, 4.69) is 16.0 Å². The summed E-state index contributed by atoms with van der Waals surface area (Å²) in [6.45, 7) is 2.48.